The average molecular weight is 222 g/mol. The van der Waals surface area contributed by atoms with E-state index in [0.29, 0.717) is 17.4 Å². The monoisotopic (exact) mass is 222 g/mol. The van der Waals surface area contributed by atoms with Crippen molar-refractivity contribution in [2.45, 2.75) is 38.6 Å². The fraction of sp³-hybridized carbons (Fsp3) is 0.636. The maximum absolute atomic E-state index is 12.1. The lowest BCUT2D eigenvalue weighted by molar-refractivity contribution is 0.0647. The van der Waals surface area contributed by atoms with Crippen molar-refractivity contribution in [1.82, 2.24) is 15.1 Å². The molecule has 1 aliphatic rings. The van der Waals surface area contributed by atoms with E-state index in [9.17, 15) is 4.79 Å². The Morgan fingerprint density at radius 2 is 2.31 bits per heavy atom. The molecule has 1 saturated carbocycles. The summed E-state index contributed by atoms with van der Waals surface area (Å²) >= 11 is 0. The van der Waals surface area contributed by atoms with Crippen LogP contribution in [-0.4, -0.2) is 34.1 Å². The molecule has 5 heteroatoms. The Labute approximate surface area is 95.0 Å². The fourth-order valence-corrected chi connectivity index (χ4v) is 1.93. The molecular weight excluding hydrogens is 204 g/mol. The number of carbonyl (C=O) groups excluding carboxylic acids is 1. The summed E-state index contributed by atoms with van der Waals surface area (Å²) in [6.07, 6.45) is 4.15. The number of aryl methyl sites for hydroxylation is 1. The van der Waals surface area contributed by atoms with Gasteiger partial charge in [-0.25, -0.2) is 0 Å². The zero-order chi connectivity index (χ0) is 11.7. The molecule has 1 fully saturated rings. The first-order chi connectivity index (χ1) is 7.65. The number of nitrogens with one attached hydrogen (secondary N) is 1. The highest BCUT2D eigenvalue weighted by Crippen LogP contribution is 2.26. The third-order valence-corrected chi connectivity index (χ3v) is 3.38. The minimum absolute atomic E-state index is 0.0712. The van der Waals surface area contributed by atoms with Gasteiger partial charge in [0.25, 0.3) is 5.91 Å². The van der Waals surface area contributed by atoms with E-state index in [0.717, 1.165) is 25.0 Å². The molecule has 0 aliphatic heterocycles. The van der Waals surface area contributed by atoms with Crippen molar-refractivity contribution < 1.29 is 4.79 Å². The molecule has 3 N–H and O–H groups in total. The van der Waals surface area contributed by atoms with Gasteiger partial charge in [0, 0.05) is 13.1 Å². The molecule has 1 aromatic rings. The molecule has 0 spiro atoms. The first kappa shape index (κ1) is 11.0. The number of nitrogen functional groups attached to an aromatic ring is 1. The lowest BCUT2D eigenvalue weighted by Crippen LogP contribution is -2.41. The molecular formula is C11H18N4O. The van der Waals surface area contributed by atoms with Crippen LogP contribution in [0, 0.1) is 0 Å². The zero-order valence-corrected chi connectivity index (χ0v) is 9.79. The lowest BCUT2D eigenvalue weighted by Gasteiger charge is -2.34. The van der Waals surface area contributed by atoms with Crippen LogP contribution in [0.25, 0.3) is 0 Å². The number of nitrogens with two attached hydrogens (primary N) is 1. The molecule has 0 unspecified atom stereocenters. The van der Waals surface area contributed by atoms with Gasteiger partial charge in [0.2, 0.25) is 0 Å². The Bertz CT molecular complexity index is 395. The van der Waals surface area contributed by atoms with Crippen LogP contribution in [0.3, 0.4) is 0 Å². The van der Waals surface area contributed by atoms with Crippen LogP contribution in [0.5, 0.6) is 0 Å². The number of aromatic nitrogens is 2. The standard InChI is InChI=1S/C11H18N4O/c1-3-8-9(12)10(14-13-8)11(16)15(2)7-5-4-6-7/h7H,3-6,12H2,1-2H3,(H,13,14). The van der Waals surface area contributed by atoms with Gasteiger partial charge < -0.3 is 10.6 Å². The van der Waals surface area contributed by atoms with E-state index in [1.54, 1.807) is 4.90 Å². The van der Waals surface area contributed by atoms with Crippen molar-refractivity contribution in [2.75, 3.05) is 12.8 Å². The van der Waals surface area contributed by atoms with Gasteiger partial charge in [-0.1, -0.05) is 6.92 Å². The number of anilines is 1. The summed E-state index contributed by atoms with van der Waals surface area (Å²) in [5.41, 5.74) is 7.57. The minimum atomic E-state index is -0.0712. The molecule has 1 aromatic heterocycles. The normalized spacial score (nSPS) is 15.9. The van der Waals surface area contributed by atoms with Crippen LogP contribution in [0.4, 0.5) is 5.69 Å². The molecule has 0 aromatic carbocycles. The molecule has 0 bridgehead atoms. The molecule has 5 nitrogen and oxygen atoms in total. The lowest BCUT2D eigenvalue weighted by atomic mass is 9.91. The third-order valence-electron chi connectivity index (χ3n) is 3.38. The van der Waals surface area contributed by atoms with Crippen LogP contribution >= 0.6 is 0 Å². The number of H-pyrrole nitrogens is 1. The number of amides is 1. The minimum Gasteiger partial charge on any atom is -0.395 e. The van der Waals surface area contributed by atoms with Crippen LogP contribution in [0.1, 0.15) is 42.4 Å². The molecule has 0 atom stereocenters. The summed E-state index contributed by atoms with van der Waals surface area (Å²) in [7, 11) is 1.83. The molecule has 1 heterocycles. The van der Waals surface area contributed by atoms with Gasteiger partial charge in [0.05, 0.1) is 11.4 Å². The number of hydrogen-bond donors (Lipinski definition) is 2. The van der Waals surface area contributed by atoms with E-state index in [-0.39, 0.29) is 5.91 Å². The molecule has 88 valence electrons. The van der Waals surface area contributed by atoms with E-state index in [1.165, 1.54) is 6.42 Å². The maximum atomic E-state index is 12.1. The highest BCUT2D eigenvalue weighted by atomic mass is 16.2. The Hall–Kier alpha value is -1.52. The predicted octanol–water partition coefficient (Wildman–Crippen LogP) is 1.18. The molecule has 0 radical (unpaired) electrons. The van der Waals surface area contributed by atoms with Crippen molar-refractivity contribution in [3.63, 3.8) is 0 Å². The molecule has 16 heavy (non-hydrogen) atoms. The van der Waals surface area contributed by atoms with Gasteiger partial charge in [-0.2, -0.15) is 5.10 Å². The number of rotatable bonds is 3. The van der Waals surface area contributed by atoms with Crippen molar-refractivity contribution in [3.8, 4) is 0 Å². The summed E-state index contributed by atoms with van der Waals surface area (Å²) in [5.74, 6) is -0.0712. The predicted molar refractivity (Wildman–Crippen MR) is 62.1 cm³/mol. The van der Waals surface area contributed by atoms with E-state index in [4.69, 9.17) is 5.73 Å². The van der Waals surface area contributed by atoms with Gasteiger partial charge in [-0.3, -0.25) is 9.89 Å². The van der Waals surface area contributed by atoms with Gasteiger partial charge in [-0.15, -0.1) is 0 Å². The summed E-state index contributed by atoms with van der Waals surface area (Å²) in [6, 6.07) is 0.369. The second-order valence-corrected chi connectivity index (χ2v) is 4.32. The van der Waals surface area contributed by atoms with E-state index in [1.807, 2.05) is 14.0 Å². The number of nitrogens with zero attached hydrogens (tertiary/aromatic N) is 2. The van der Waals surface area contributed by atoms with E-state index < -0.39 is 0 Å². The Balaban J connectivity index is 2.16. The quantitative estimate of drug-likeness (QED) is 0.806. The Kier molecular flexibility index (Phi) is 2.85. The molecule has 0 saturated heterocycles. The SMILES string of the molecule is CCc1[nH]nc(C(=O)N(C)C2CCC2)c1N. The molecule has 1 aliphatic carbocycles. The molecule has 2 rings (SSSR count). The number of aromatic amines is 1. The second kappa shape index (κ2) is 4.15. The Morgan fingerprint density at radius 3 is 2.75 bits per heavy atom. The van der Waals surface area contributed by atoms with Gasteiger partial charge in [0.15, 0.2) is 5.69 Å². The first-order valence-electron chi connectivity index (χ1n) is 5.75. The Morgan fingerprint density at radius 1 is 1.62 bits per heavy atom. The fourth-order valence-electron chi connectivity index (χ4n) is 1.93. The van der Waals surface area contributed by atoms with Crippen LogP contribution < -0.4 is 5.73 Å². The summed E-state index contributed by atoms with van der Waals surface area (Å²) < 4.78 is 0. The second-order valence-electron chi connectivity index (χ2n) is 4.32. The number of carbonyl (C=O) groups is 1. The van der Waals surface area contributed by atoms with Gasteiger partial charge in [-0.05, 0) is 25.7 Å². The first-order valence-corrected chi connectivity index (χ1v) is 5.75. The smallest absolute Gasteiger partial charge is 0.276 e. The van der Waals surface area contributed by atoms with Crippen LogP contribution in [-0.2, 0) is 6.42 Å². The molecule has 1 amide bonds. The van der Waals surface area contributed by atoms with Crippen LogP contribution in [0.15, 0.2) is 0 Å². The maximum Gasteiger partial charge on any atom is 0.276 e. The van der Waals surface area contributed by atoms with Crippen molar-refractivity contribution in [1.29, 1.82) is 0 Å². The summed E-state index contributed by atoms with van der Waals surface area (Å²) in [4.78, 5) is 13.9. The average Bonchev–Trinajstić information content (AvgIpc) is 2.55. The number of hydrogen-bond acceptors (Lipinski definition) is 3. The highest BCUT2D eigenvalue weighted by Gasteiger charge is 2.29. The van der Waals surface area contributed by atoms with Gasteiger partial charge >= 0.3 is 0 Å². The van der Waals surface area contributed by atoms with Crippen LogP contribution in [0.2, 0.25) is 0 Å². The van der Waals surface area contributed by atoms with Crippen molar-refractivity contribution in [2.24, 2.45) is 0 Å². The highest BCUT2D eigenvalue weighted by molar-refractivity contribution is 5.97. The van der Waals surface area contributed by atoms with Gasteiger partial charge in [0.1, 0.15) is 0 Å². The largest absolute Gasteiger partial charge is 0.395 e. The van der Waals surface area contributed by atoms with E-state index >= 15 is 0 Å². The van der Waals surface area contributed by atoms with Crippen molar-refractivity contribution >= 4 is 11.6 Å². The topological polar surface area (TPSA) is 75.0 Å². The van der Waals surface area contributed by atoms with E-state index in [2.05, 4.69) is 10.2 Å². The summed E-state index contributed by atoms with van der Waals surface area (Å²) in [5, 5.41) is 6.82. The summed E-state index contributed by atoms with van der Waals surface area (Å²) in [6.45, 7) is 1.98. The third kappa shape index (κ3) is 1.66. The van der Waals surface area contributed by atoms with Crippen molar-refractivity contribution in [3.05, 3.63) is 11.4 Å². The zero-order valence-electron chi connectivity index (χ0n) is 9.79.